The van der Waals surface area contributed by atoms with Crippen LogP contribution < -0.4 is 5.32 Å². The molecule has 0 heterocycles. The Hall–Kier alpha value is -0.260. The van der Waals surface area contributed by atoms with Crippen LogP contribution in [-0.2, 0) is 14.3 Å². The van der Waals surface area contributed by atoms with Crippen molar-refractivity contribution in [3.63, 3.8) is 0 Å². The Kier molecular flexibility index (Phi) is 7.04. The smallest absolute Gasteiger partial charge is 0.326 e. The second-order valence-electron chi connectivity index (χ2n) is 4.69. The maximum atomic E-state index is 12.0. The molecular weight excluding hydrogens is 250 g/mol. The van der Waals surface area contributed by atoms with E-state index in [4.69, 9.17) is 9.47 Å². The molecule has 0 spiro atoms. The predicted octanol–water partition coefficient (Wildman–Crippen LogP) is 1.83. The van der Waals surface area contributed by atoms with Gasteiger partial charge in [-0.1, -0.05) is 6.92 Å². The first-order valence-electron chi connectivity index (χ1n) is 6.62. The van der Waals surface area contributed by atoms with Crippen molar-refractivity contribution in [2.24, 2.45) is 0 Å². The number of carbonyl (C=O) groups is 1. The van der Waals surface area contributed by atoms with Crippen LogP contribution in [0.1, 0.15) is 32.6 Å². The third kappa shape index (κ3) is 4.14. The van der Waals surface area contributed by atoms with Gasteiger partial charge in [0.1, 0.15) is 5.54 Å². The molecule has 0 aromatic carbocycles. The van der Waals surface area contributed by atoms with E-state index < -0.39 is 5.54 Å². The normalized spacial score (nSPS) is 28.1. The molecular formula is C13H25NO3S. The quantitative estimate of drug-likeness (QED) is 0.567. The highest BCUT2D eigenvalue weighted by atomic mass is 32.2. The number of esters is 1. The van der Waals surface area contributed by atoms with Gasteiger partial charge < -0.3 is 14.8 Å². The van der Waals surface area contributed by atoms with Crippen LogP contribution in [0.15, 0.2) is 0 Å². The molecule has 2 atom stereocenters. The van der Waals surface area contributed by atoms with Gasteiger partial charge in [-0.2, -0.15) is 11.8 Å². The minimum Gasteiger partial charge on any atom is -0.468 e. The summed E-state index contributed by atoms with van der Waals surface area (Å²) in [5.74, 6) is 0.881. The number of thioether (sulfide) groups is 1. The first-order chi connectivity index (χ1) is 8.68. The van der Waals surface area contributed by atoms with Crippen molar-refractivity contribution in [2.75, 3.05) is 33.1 Å². The molecule has 0 radical (unpaired) electrons. The lowest BCUT2D eigenvalue weighted by Crippen LogP contribution is -2.56. The van der Waals surface area contributed by atoms with Crippen molar-refractivity contribution < 1.29 is 14.3 Å². The highest BCUT2D eigenvalue weighted by Gasteiger charge is 2.43. The molecule has 1 N–H and O–H groups in total. The molecule has 0 aliphatic heterocycles. The Bertz CT molecular complexity index is 259. The van der Waals surface area contributed by atoms with Crippen molar-refractivity contribution in [3.05, 3.63) is 0 Å². The van der Waals surface area contributed by atoms with Gasteiger partial charge in [0.15, 0.2) is 0 Å². The highest BCUT2D eigenvalue weighted by Crippen LogP contribution is 2.35. The number of carbonyl (C=O) groups excluding carboxylic acids is 1. The Morgan fingerprint density at radius 2 is 2.28 bits per heavy atom. The van der Waals surface area contributed by atoms with Gasteiger partial charge in [-0.3, -0.25) is 4.79 Å². The lowest BCUT2D eigenvalue weighted by atomic mass is 9.81. The fourth-order valence-electron chi connectivity index (χ4n) is 2.62. The topological polar surface area (TPSA) is 47.6 Å². The van der Waals surface area contributed by atoms with Crippen molar-refractivity contribution >= 4 is 17.7 Å². The van der Waals surface area contributed by atoms with Crippen LogP contribution in [0.3, 0.4) is 0 Å². The van der Waals surface area contributed by atoms with Crippen LogP contribution >= 0.6 is 11.8 Å². The molecule has 1 fully saturated rings. The standard InChI is InChI=1S/C13H25NO3S/c1-4-14-13(12(15)17-3)7-5-6-11(10-13)18-9-8-16-2/h11,14H,4-10H2,1-3H3. The summed E-state index contributed by atoms with van der Waals surface area (Å²) in [5.41, 5.74) is -0.466. The van der Waals surface area contributed by atoms with Crippen LogP contribution in [0, 0.1) is 0 Å². The Morgan fingerprint density at radius 3 is 2.89 bits per heavy atom. The molecule has 1 saturated carbocycles. The zero-order chi connectivity index (χ0) is 13.4. The number of nitrogens with one attached hydrogen (secondary N) is 1. The van der Waals surface area contributed by atoms with E-state index in [9.17, 15) is 4.79 Å². The van der Waals surface area contributed by atoms with Crippen molar-refractivity contribution in [2.45, 2.75) is 43.4 Å². The monoisotopic (exact) mass is 275 g/mol. The molecule has 0 bridgehead atoms. The summed E-state index contributed by atoms with van der Waals surface area (Å²) in [6.45, 7) is 3.60. The lowest BCUT2D eigenvalue weighted by molar-refractivity contribution is -0.150. The average Bonchev–Trinajstić information content (AvgIpc) is 2.39. The fraction of sp³-hybridized carbons (Fsp3) is 0.923. The second kappa shape index (κ2) is 8.02. The van der Waals surface area contributed by atoms with E-state index >= 15 is 0 Å². The summed E-state index contributed by atoms with van der Waals surface area (Å²) in [6, 6.07) is 0. The third-order valence-electron chi connectivity index (χ3n) is 3.44. The first-order valence-corrected chi connectivity index (χ1v) is 7.67. The summed E-state index contributed by atoms with van der Waals surface area (Å²) in [4.78, 5) is 12.0. The molecule has 106 valence electrons. The molecule has 0 amide bonds. The summed E-state index contributed by atoms with van der Waals surface area (Å²) in [5, 5.41) is 3.87. The zero-order valence-corrected chi connectivity index (χ0v) is 12.5. The summed E-state index contributed by atoms with van der Waals surface area (Å²) >= 11 is 1.91. The summed E-state index contributed by atoms with van der Waals surface area (Å²) < 4.78 is 10.1. The highest BCUT2D eigenvalue weighted by molar-refractivity contribution is 7.99. The number of ether oxygens (including phenoxy) is 2. The molecule has 18 heavy (non-hydrogen) atoms. The molecule has 0 saturated heterocycles. The minimum absolute atomic E-state index is 0.110. The largest absolute Gasteiger partial charge is 0.468 e. The molecule has 5 heteroatoms. The van der Waals surface area contributed by atoms with Crippen LogP contribution in [0.5, 0.6) is 0 Å². The van der Waals surface area contributed by atoms with Gasteiger partial charge in [0, 0.05) is 18.1 Å². The van der Waals surface area contributed by atoms with E-state index in [1.807, 2.05) is 18.7 Å². The number of methoxy groups -OCH3 is 2. The molecule has 1 aliphatic carbocycles. The van der Waals surface area contributed by atoms with Gasteiger partial charge in [0.2, 0.25) is 0 Å². The maximum absolute atomic E-state index is 12.0. The Morgan fingerprint density at radius 1 is 1.50 bits per heavy atom. The molecule has 4 nitrogen and oxygen atoms in total. The maximum Gasteiger partial charge on any atom is 0.326 e. The van der Waals surface area contributed by atoms with Crippen molar-refractivity contribution in [3.8, 4) is 0 Å². The van der Waals surface area contributed by atoms with Crippen LogP contribution in [0.4, 0.5) is 0 Å². The number of hydrogen-bond donors (Lipinski definition) is 1. The molecule has 0 aromatic rings. The van der Waals surface area contributed by atoms with Gasteiger partial charge >= 0.3 is 5.97 Å². The fourth-order valence-corrected chi connectivity index (χ4v) is 3.95. The predicted molar refractivity (Wildman–Crippen MR) is 75.0 cm³/mol. The third-order valence-corrected chi connectivity index (χ3v) is 4.71. The van der Waals surface area contributed by atoms with Gasteiger partial charge in [-0.25, -0.2) is 0 Å². The van der Waals surface area contributed by atoms with Gasteiger partial charge in [0.05, 0.1) is 13.7 Å². The van der Waals surface area contributed by atoms with E-state index in [1.54, 1.807) is 7.11 Å². The number of hydrogen-bond acceptors (Lipinski definition) is 5. The van der Waals surface area contributed by atoms with E-state index in [1.165, 1.54) is 13.5 Å². The van der Waals surface area contributed by atoms with Crippen molar-refractivity contribution in [1.82, 2.24) is 5.32 Å². The molecule has 0 aromatic heterocycles. The summed E-state index contributed by atoms with van der Waals surface area (Å²) in [6.07, 6.45) is 4.00. The summed E-state index contributed by atoms with van der Waals surface area (Å²) in [7, 11) is 3.20. The first kappa shape index (κ1) is 15.8. The lowest BCUT2D eigenvalue weighted by Gasteiger charge is -2.39. The van der Waals surface area contributed by atoms with Gasteiger partial charge in [-0.05, 0) is 32.2 Å². The Balaban J connectivity index is 2.58. The van der Waals surface area contributed by atoms with E-state index in [-0.39, 0.29) is 5.97 Å². The van der Waals surface area contributed by atoms with E-state index in [2.05, 4.69) is 5.32 Å². The van der Waals surface area contributed by atoms with Crippen LogP contribution in [0.2, 0.25) is 0 Å². The number of likely N-dealkylation sites (N-methyl/N-ethyl adjacent to an activating group) is 1. The van der Waals surface area contributed by atoms with Gasteiger partial charge in [-0.15, -0.1) is 0 Å². The van der Waals surface area contributed by atoms with E-state index in [0.29, 0.717) is 5.25 Å². The average molecular weight is 275 g/mol. The minimum atomic E-state index is -0.466. The zero-order valence-electron chi connectivity index (χ0n) is 11.7. The van der Waals surface area contributed by atoms with Crippen LogP contribution in [0.25, 0.3) is 0 Å². The number of rotatable bonds is 7. The van der Waals surface area contributed by atoms with Crippen molar-refractivity contribution in [1.29, 1.82) is 0 Å². The molecule has 2 unspecified atom stereocenters. The molecule has 1 aliphatic rings. The Labute approximate surface area is 114 Å². The van der Waals surface area contributed by atoms with Crippen LogP contribution in [-0.4, -0.2) is 49.9 Å². The molecule has 1 rings (SSSR count). The van der Waals surface area contributed by atoms with Gasteiger partial charge in [0.25, 0.3) is 0 Å². The second-order valence-corrected chi connectivity index (χ2v) is 6.09. The SMILES string of the molecule is CCNC1(C(=O)OC)CCCC(SCCOC)C1. The van der Waals surface area contributed by atoms with E-state index in [0.717, 1.165) is 38.2 Å².